The molecule has 0 fully saturated rings. The molecule has 0 aliphatic rings. The van der Waals surface area contributed by atoms with E-state index in [1.165, 1.54) is 0 Å². The van der Waals surface area contributed by atoms with Gasteiger partial charge in [0, 0.05) is 23.9 Å². The predicted octanol–water partition coefficient (Wildman–Crippen LogP) is 5.42. The van der Waals surface area contributed by atoms with Crippen molar-refractivity contribution in [2.75, 3.05) is 6.61 Å². The number of carbonyl (C=O) groups is 2. The van der Waals surface area contributed by atoms with E-state index >= 15 is 0 Å². The third-order valence-electron chi connectivity index (χ3n) is 5.15. The first-order valence-corrected chi connectivity index (χ1v) is 10.2. The van der Waals surface area contributed by atoms with Crippen LogP contribution < -0.4 is 0 Å². The number of carbonyl (C=O) groups excluding carboxylic acids is 2. The van der Waals surface area contributed by atoms with E-state index in [1.54, 1.807) is 0 Å². The van der Waals surface area contributed by atoms with E-state index in [1.807, 2.05) is 102 Å². The molecular formula is C27H23NO3. The lowest BCUT2D eigenvalue weighted by Gasteiger charge is -2.10. The zero-order chi connectivity index (χ0) is 21.5. The van der Waals surface area contributed by atoms with Gasteiger partial charge in [0.05, 0.1) is 13.2 Å². The number of ether oxygens (including phenoxy) is 1. The van der Waals surface area contributed by atoms with E-state index in [9.17, 15) is 9.59 Å². The number of nitrogens with zero attached hydrogens (tertiary/aromatic N) is 1. The van der Waals surface area contributed by atoms with Crippen LogP contribution in [0.1, 0.15) is 16.1 Å². The maximum absolute atomic E-state index is 12.7. The Morgan fingerprint density at radius 3 is 2.00 bits per heavy atom. The SMILES string of the molecule is O=CC(=O)c1c(-c2ccccc2)c(-c2ccccc2)cn1CCOCc1ccccc1. The Morgan fingerprint density at radius 1 is 0.806 bits per heavy atom. The standard InChI is InChI=1S/C27H23NO3/c29-19-25(30)27-26(23-14-8-3-9-15-23)24(22-12-6-2-7-13-22)18-28(27)16-17-31-20-21-10-4-1-5-11-21/h1-15,18-19H,16-17,20H2. The molecule has 0 aliphatic heterocycles. The minimum absolute atomic E-state index is 0.387. The van der Waals surface area contributed by atoms with Crippen LogP contribution in [0.15, 0.2) is 97.2 Å². The summed E-state index contributed by atoms with van der Waals surface area (Å²) in [7, 11) is 0. The molecule has 0 spiro atoms. The Hall–Kier alpha value is -3.76. The minimum Gasteiger partial charge on any atom is -0.375 e. The number of ketones is 1. The first-order chi connectivity index (χ1) is 15.3. The van der Waals surface area contributed by atoms with Crippen molar-refractivity contribution in [3.63, 3.8) is 0 Å². The normalized spacial score (nSPS) is 10.7. The highest BCUT2D eigenvalue weighted by Crippen LogP contribution is 2.36. The van der Waals surface area contributed by atoms with Crippen molar-refractivity contribution < 1.29 is 14.3 Å². The number of aromatic nitrogens is 1. The van der Waals surface area contributed by atoms with Gasteiger partial charge in [0.15, 0.2) is 6.29 Å². The molecule has 31 heavy (non-hydrogen) atoms. The Balaban J connectivity index is 1.69. The van der Waals surface area contributed by atoms with Crippen LogP contribution >= 0.6 is 0 Å². The van der Waals surface area contributed by atoms with Gasteiger partial charge in [-0.25, -0.2) is 0 Å². The molecule has 1 aromatic heterocycles. The molecule has 4 heteroatoms. The third kappa shape index (κ3) is 4.71. The lowest BCUT2D eigenvalue weighted by atomic mass is 9.96. The first-order valence-electron chi connectivity index (χ1n) is 10.2. The van der Waals surface area contributed by atoms with Crippen LogP contribution in [0.25, 0.3) is 22.3 Å². The van der Waals surface area contributed by atoms with Crippen molar-refractivity contribution in [2.45, 2.75) is 13.2 Å². The van der Waals surface area contributed by atoms with Gasteiger partial charge in [0.2, 0.25) is 5.78 Å². The maximum Gasteiger partial charge on any atom is 0.242 e. The summed E-state index contributed by atoms with van der Waals surface area (Å²) in [5.41, 5.74) is 5.06. The molecule has 0 N–H and O–H groups in total. The molecule has 0 radical (unpaired) electrons. The lowest BCUT2D eigenvalue weighted by Crippen LogP contribution is -2.14. The van der Waals surface area contributed by atoms with Gasteiger partial charge in [0.25, 0.3) is 0 Å². The average molecular weight is 409 g/mol. The van der Waals surface area contributed by atoms with Crippen molar-refractivity contribution in [1.29, 1.82) is 0 Å². The van der Waals surface area contributed by atoms with Gasteiger partial charge in [0.1, 0.15) is 5.69 Å². The number of benzene rings is 3. The summed E-state index contributed by atoms with van der Waals surface area (Å²) >= 11 is 0. The van der Waals surface area contributed by atoms with Crippen molar-refractivity contribution >= 4 is 12.1 Å². The zero-order valence-electron chi connectivity index (χ0n) is 17.1. The van der Waals surface area contributed by atoms with Crippen LogP contribution in [0.5, 0.6) is 0 Å². The fraction of sp³-hybridized carbons (Fsp3) is 0.111. The number of hydrogen-bond donors (Lipinski definition) is 0. The maximum atomic E-state index is 12.7. The number of aldehydes is 1. The first kappa shape index (κ1) is 20.5. The van der Waals surface area contributed by atoms with Crippen LogP contribution in [-0.2, 0) is 22.7 Å². The van der Waals surface area contributed by atoms with E-state index in [2.05, 4.69) is 0 Å². The van der Waals surface area contributed by atoms with E-state index in [-0.39, 0.29) is 0 Å². The number of rotatable bonds is 9. The van der Waals surface area contributed by atoms with Crippen LogP contribution in [0.2, 0.25) is 0 Å². The van der Waals surface area contributed by atoms with E-state index < -0.39 is 5.78 Å². The fourth-order valence-corrected chi connectivity index (χ4v) is 3.71. The van der Waals surface area contributed by atoms with Gasteiger partial charge >= 0.3 is 0 Å². The topological polar surface area (TPSA) is 48.3 Å². The summed E-state index contributed by atoms with van der Waals surface area (Å²) in [4.78, 5) is 24.2. The molecule has 4 nitrogen and oxygen atoms in total. The second-order valence-electron chi connectivity index (χ2n) is 7.21. The monoisotopic (exact) mass is 409 g/mol. The van der Waals surface area contributed by atoms with Crippen LogP contribution in [0.4, 0.5) is 0 Å². The van der Waals surface area contributed by atoms with Crippen LogP contribution in [0, 0.1) is 0 Å². The number of Topliss-reactive ketones (excluding diaryl/α,β-unsaturated/α-hetero) is 1. The Labute approximate surface area is 181 Å². The van der Waals surface area contributed by atoms with Crippen molar-refractivity contribution in [1.82, 2.24) is 4.57 Å². The molecule has 0 unspecified atom stereocenters. The highest BCUT2D eigenvalue weighted by Gasteiger charge is 2.23. The molecule has 3 aromatic carbocycles. The molecular weight excluding hydrogens is 386 g/mol. The molecule has 0 bridgehead atoms. The highest BCUT2D eigenvalue weighted by molar-refractivity contribution is 6.35. The Morgan fingerprint density at radius 2 is 1.39 bits per heavy atom. The Bertz CT molecular complexity index is 1150. The summed E-state index contributed by atoms with van der Waals surface area (Å²) in [6, 6.07) is 29.6. The smallest absolute Gasteiger partial charge is 0.242 e. The molecule has 4 aromatic rings. The molecule has 0 aliphatic carbocycles. The highest BCUT2D eigenvalue weighted by atomic mass is 16.5. The average Bonchev–Trinajstić information content (AvgIpc) is 3.22. The van der Waals surface area contributed by atoms with Crippen LogP contribution in [-0.4, -0.2) is 23.2 Å². The van der Waals surface area contributed by atoms with E-state index in [4.69, 9.17) is 4.74 Å². The summed E-state index contributed by atoms with van der Waals surface area (Å²) in [5.74, 6) is -0.538. The summed E-state index contributed by atoms with van der Waals surface area (Å²) in [5, 5.41) is 0. The molecule has 154 valence electrons. The third-order valence-corrected chi connectivity index (χ3v) is 5.15. The largest absolute Gasteiger partial charge is 0.375 e. The minimum atomic E-state index is -0.538. The number of hydrogen-bond acceptors (Lipinski definition) is 3. The molecule has 0 saturated carbocycles. The van der Waals surface area contributed by atoms with Gasteiger partial charge in [-0.15, -0.1) is 0 Å². The van der Waals surface area contributed by atoms with Gasteiger partial charge < -0.3 is 9.30 Å². The van der Waals surface area contributed by atoms with E-state index in [0.717, 1.165) is 27.8 Å². The van der Waals surface area contributed by atoms with Crippen molar-refractivity contribution in [2.24, 2.45) is 0 Å². The summed E-state index contributed by atoms with van der Waals surface area (Å²) in [6.45, 7) is 1.38. The van der Waals surface area contributed by atoms with Gasteiger partial charge in [-0.2, -0.15) is 0 Å². The molecule has 0 atom stereocenters. The van der Waals surface area contributed by atoms with Gasteiger partial charge in [-0.3, -0.25) is 9.59 Å². The zero-order valence-corrected chi connectivity index (χ0v) is 17.1. The quantitative estimate of drug-likeness (QED) is 0.160. The van der Waals surface area contributed by atoms with Gasteiger partial charge in [-0.1, -0.05) is 91.0 Å². The van der Waals surface area contributed by atoms with Crippen molar-refractivity contribution in [3.05, 3.63) is 108 Å². The molecule has 0 saturated heterocycles. The Kier molecular flexibility index (Phi) is 6.50. The van der Waals surface area contributed by atoms with Crippen molar-refractivity contribution in [3.8, 4) is 22.3 Å². The summed E-state index contributed by atoms with van der Waals surface area (Å²) in [6.07, 6.45) is 2.33. The molecule has 0 amide bonds. The second kappa shape index (κ2) is 9.83. The summed E-state index contributed by atoms with van der Waals surface area (Å²) < 4.78 is 7.67. The fourth-order valence-electron chi connectivity index (χ4n) is 3.71. The van der Waals surface area contributed by atoms with Crippen LogP contribution in [0.3, 0.4) is 0 Å². The van der Waals surface area contributed by atoms with Gasteiger partial charge in [-0.05, 0) is 16.7 Å². The second-order valence-corrected chi connectivity index (χ2v) is 7.21. The molecule has 4 rings (SSSR count). The lowest BCUT2D eigenvalue weighted by molar-refractivity contribution is -0.104. The molecule has 1 heterocycles. The predicted molar refractivity (Wildman–Crippen MR) is 122 cm³/mol. The van der Waals surface area contributed by atoms with E-state index in [0.29, 0.717) is 31.7 Å².